The molecule has 1 aliphatic heterocycles. The Bertz CT molecular complexity index is 648. The molecule has 1 fully saturated rings. The maximum Gasteiger partial charge on any atom is 0.319 e. The SMILES string of the molecule is Cc1ccsc1-c1cccc(NC(=O)NC[C@H]2CCOC2)c1. The van der Waals surface area contributed by atoms with Gasteiger partial charge in [0, 0.05) is 29.6 Å². The summed E-state index contributed by atoms with van der Waals surface area (Å²) in [5.74, 6) is 0.436. The quantitative estimate of drug-likeness (QED) is 0.899. The van der Waals surface area contributed by atoms with Crippen LogP contribution in [-0.2, 0) is 4.74 Å². The fourth-order valence-electron chi connectivity index (χ4n) is 2.56. The summed E-state index contributed by atoms with van der Waals surface area (Å²) in [6, 6.07) is 9.90. The van der Waals surface area contributed by atoms with Gasteiger partial charge in [-0.3, -0.25) is 0 Å². The molecule has 1 atom stereocenters. The fourth-order valence-corrected chi connectivity index (χ4v) is 3.49. The molecule has 2 N–H and O–H groups in total. The molecule has 1 saturated heterocycles. The number of carbonyl (C=O) groups is 1. The third kappa shape index (κ3) is 3.67. The monoisotopic (exact) mass is 316 g/mol. The van der Waals surface area contributed by atoms with E-state index >= 15 is 0 Å². The summed E-state index contributed by atoms with van der Waals surface area (Å²) in [6.45, 7) is 4.31. The van der Waals surface area contributed by atoms with Crippen LogP contribution in [0.15, 0.2) is 35.7 Å². The lowest BCUT2D eigenvalue weighted by atomic mass is 10.1. The van der Waals surface area contributed by atoms with Gasteiger partial charge in [0.15, 0.2) is 0 Å². The van der Waals surface area contributed by atoms with Gasteiger partial charge in [-0.05, 0) is 48.1 Å². The second kappa shape index (κ2) is 6.94. The molecule has 1 aromatic carbocycles. The number of thiophene rings is 1. The van der Waals surface area contributed by atoms with Gasteiger partial charge < -0.3 is 15.4 Å². The van der Waals surface area contributed by atoms with Gasteiger partial charge in [-0.15, -0.1) is 11.3 Å². The minimum atomic E-state index is -0.160. The molecule has 0 bridgehead atoms. The van der Waals surface area contributed by atoms with Crippen LogP contribution in [0.5, 0.6) is 0 Å². The smallest absolute Gasteiger partial charge is 0.319 e. The third-order valence-corrected chi connectivity index (χ3v) is 4.89. The number of rotatable bonds is 4. The number of nitrogens with one attached hydrogen (secondary N) is 2. The van der Waals surface area contributed by atoms with Crippen molar-refractivity contribution in [3.8, 4) is 10.4 Å². The van der Waals surface area contributed by atoms with Crippen molar-refractivity contribution in [2.45, 2.75) is 13.3 Å². The van der Waals surface area contributed by atoms with Crippen LogP contribution in [0.2, 0.25) is 0 Å². The predicted molar refractivity (Wildman–Crippen MR) is 90.4 cm³/mol. The van der Waals surface area contributed by atoms with Crippen molar-refractivity contribution in [2.24, 2.45) is 5.92 Å². The molecule has 3 rings (SSSR count). The number of carbonyl (C=O) groups excluding carboxylic acids is 1. The highest BCUT2D eigenvalue weighted by molar-refractivity contribution is 7.13. The van der Waals surface area contributed by atoms with E-state index in [-0.39, 0.29) is 6.03 Å². The fraction of sp³-hybridized carbons (Fsp3) is 0.353. The van der Waals surface area contributed by atoms with E-state index in [9.17, 15) is 4.79 Å². The number of hydrogen-bond acceptors (Lipinski definition) is 3. The summed E-state index contributed by atoms with van der Waals surface area (Å²) in [5, 5.41) is 7.90. The molecule has 2 heterocycles. The Hall–Kier alpha value is -1.85. The van der Waals surface area contributed by atoms with Crippen molar-refractivity contribution in [1.29, 1.82) is 0 Å². The molecule has 0 spiro atoms. The first kappa shape index (κ1) is 15.1. The number of amides is 2. The summed E-state index contributed by atoms with van der Waals surface area (Å²) < 4.78 is 5.31. The zero-order chi connectivity index (χ0) is 15.4. The van der Waals surface area contributed by atoms with Crippen LogP contribution < -0.4 is 10.6 Å². The Morgan fingerprint density at radius 2 is 2.32 bits per heavy atom. The number of anilines is 1. The molecule has 0 aliphatic carbocycles. The highest BCUT2D eigenvalue weighted by Crippen LogP contribution is 2.30. The van der Waals surface area contributed by atoms with Gasteiger partial charge in [0.05, 0.1) is 6.61 Å². The van der Waals surface area contributed by atoms with Gasteiger partial charge in [-0.25, -0.2) is 4.79 Å². The second-order valence-electron chi connectivity index (χ2n) is 5.58. The first-order valence-corrected chi connectivity index (χ1v) is 8.37. The number of ether oxygens (including phenoxy) is 1. The molecule has 5 heteroatoms. The first-order chi connectivity index (χ1) is 10.7. The summed E-state index contributed by atoms with van der Waals surface area (Å²) in [5.41, 5.74) is 3.20. The van der Waals surface area contributed by atoms with Crippen molar-refractivity contribution in [2.75, 3.05) is 25.1 Å². The maximum absolute atomic E-state index is 12.0. The Balaban J connectivity index is 1.60. The predicted octanol–water partition coefficient (Wildman–Crippen LogP) is 3.88. The van der Waals surface area contributed by atoms with E-state index in [4.69, 9.17) is 4.74 Å². The highest BCUT2D eigenvalue weighted by Gasteiger charge is 2.16. The molecular weight excluding hydrogens is 296 g/mol. The van der Waals surface area contributed by atoms with Crippen molar-refractivity contribution < 1.29 is 9.53 Å². The van der Waals surface area contributed by atoms with E-state index in [1.54, 1.807) is 11.3 Å². The van der Waals surface area contributed by atoms with E-state index in [0.717, 1.165) is 30.9 Å². The van der Waals surface area contributed by atoms with Crippen LogP contribution in [0, 0.1) is 12.8 Å². The molecule has 2 aromatic rings. The lowest BCUT2D eigenvalue weighted by molar-refractivity contribution is 0.185. The molecule has 1 aliphatic rings. The highest BCUT2D eigenvalue weighted by atomic mass is 32.1. The van der Waals surface area contributed by atoms with E-state index in [2.05, 4.69) is 35.1 Å². The molecule has 1 aromatic heterocycles. The van der Waals surface area contributed by atoms with Crippen LogP contribution in [-0.4, -0.2) is 25.8 Å². The molecular formula is C17H20N2O2S. The first-order valence-electron chi connectivity index (χ1n) is 7.49. The Labute approximate surface area is 134 Å². The standard InChI is InChI=1S/C17H20N2O2S/c1-12-6-8-22-16(12)14-3-2-4-15(9-14)19-17(20)18-10-13-5-7-21-11-13/h2-4,6,8-9,13H,5,7,10-11H2,1H3,(H2,18,19,20)/t13-/m1/s1. The molecule has 0 unspecified atom stereocenters. The van der Waals surface area contributed by atoms with Gasteiger partial charge in [0.1, 0.15) is 0 Å². The van der Waals surface area contributed by atoms with Crippen LogP contribution in [0.25, 0.3) is 10.4 Å². The molecule has 2 amide bonds. The Kier molecular flexibility index (Phi) is 4.75. The Morgan fingerprint density at radius 3 is 3.05 bits per heavy atom. The summed E-state index contributed by atoms with van der Waals surface area (Å²) >= 11 is 1.72. The van der Waals surface area contributed by atoms with E-state index in [1.807, 2.05) is 18.2 Å². The minimum Gasteiger partial charge on any atom is -0.381 e. The van der Waals surface area contributed by atoms with Crippen LogP contribution in [0.3, 0.4) is 0 Å². The summed E-state index contributed by atoms with van der Waals surface area (Å²) in [4.78, 5) is 13.2. The van der Waals surface area contributed by atoms with E-state index < -0.39 is 0 Å². The summed E-state index contributed by atoms with van der Waals surface area (Å²) in [6.07, 6.45) is 1.02. The van der Waals surface area contributed by atoms with Crippen molar-refractivity contribution in [3.05, 3.63) is 41.3 Å². The van der Waals surface area contributed by atoms with Gasteiger partial charge in [-0.2, -0.15) is 0 Å². The lowest BCUT2D eigenvalue weighted by Gasteiger charge is -2.11. The van der Waals surface area contributed by atoms with Crippen LogP contribution >= 0.6 is 11.3 Å². The number of benzene rings is 1. The van der Waals surface area contributed by atoms with Crippen molar-refractivity contribution in [3.63, 3.8) is 0 Å². The topological polar surface area (TPSA) is 50.4 Å². The maximum atomic E-state index is 12.0. The number of aryl methyl sites for hydroxylation is 1. The molecule has 4 nitrogen and oxygen atoms in total. The third-order valence-electron chi connectivity index (χ3n) is 3.82. The normalized spacial score (nSPS) is 17.4. The molecule has 0 saturated carbocycles. The largest absolute Gasteiger partial charge is 0.381 e. The molecule has 22 heavy (non-hydrogen) atoms. The molecule has 116 valence electrons. The van der Waals surface area contributed by atoms with E-state index in [0.29, 0.717) is 12.5 Å². The van der Waals surface area contributed by atoms with E-state index in [1.165, 1.54) is 10.4 Å². The van der Waals surface area contributed by atoms with Gasteiger partial charge >= 0.3 is 6.03 Å². The number of urea groups is 1. The van der Waals surface area contributed by atoms with Crippen molar-refractivity contribution >= 4 is 23.1 Å². The van der Waals surface area contributed by atoms with Gasteiger partial charge in [-0.1, -0.05) is 12.1 Å². The lowest BCUT2D eigenvalue weighted by Crippen LogP contribution is -2.33. The van der Waals surface area contributed by atoms with Gasteiger partial charge in [0.2, 0.25) is 0 Å². The van der Waals surface area contributed by atoms with Crippen LogP contribution in [0.1, 0.15) is 12.0 Å². The minimum absolute atomic E-state index is 0.160. The average molecular weight is 316 g/mol. The van der Waals surface area contributed by atoms with Gasteiger partial charge in [0.25, 0.3) is 0 Å². The Morgan fingerprint density at radius 1 is 1.41 bits per heavy atom. The second-order valence-corrected chi connectivity index (χ2v) is 6.49. The van der Waals surface area contributed by atoms with Crippen molar-refractivity contribution in [1.82, 2.24) is 5.32 Å². The summed E-state index contributed by atoms with van der Waals surface area (Å²) in [7, 11) is 0. The molecule has 0 radical (unpaired) electrons. The van der Waals surface area contributed by atoms with Crippen LogP contribution in [0.4, 0.5) is 10.5 Å². The zero-order valence-electron chi connectivity index (χ0n) is 12.6. The zero-order valence-corrected chi connectivity index (χ0v) is 13.4. The number of hydrogen-bond donors (Lipinski definition) is 2. The average Bonchev–Trinajstić information content (AvgIpc) is 3.16.